The van der Waals surface area contributed by atoms with Gasteiger partial charge < -0.3 is 5.11 Å². The maximum absolute atomic E-state index is 11.5. The molecule has 1 atom stereocenters. The van der Waals surface area contributed by atoms with E-state index in [9.17, 15) is 9.90 Å². The second kappa shape index (κ2) is 5.59. The molecule has 1 aliphatic rings. The number of carboxylic acid groups (broad SMARTS) is 1. The molecule has 0 saturated carbocycles. The minimum absolute atomic E-state index is 0.243. The van der Waals surface area contributed by atoms with Crippen molar-refractivity contribution in [1.29, 1.82) is 0 Å². The Morgan fingerprint density at radius 1 is 1.58 bits per heavy atom. The maximum atomic E-state index is 11.5. The number of carboxylic acids is 1. The van der Waals surface area contributed by atoms with Crippen LogP contribution in [-0.4, -0.2) is 20.9 Å². The van der Waals surface area contributed by atoms with Crippen molar-refractivity contribution in [2.75, 3.05) is 0 Å². The van der Waals surface area contributed by atoms with E-state index in [1.54, 1.807) is 6.20 Å². The van der Waals surface area contributed by atoms with Crippen LogP contribution in [0.4, 0.5) is 0 Å². The highest BCUT2D eigenvalue weighted by Crippen LogP contribution is 2.39. The molecule has 1 unspecified atom stereocenters. The first kappa shape index (κ1) is 13.8. The largest absolute Gasteiger partial charge is 0.478 e. The van der Waals surface area contributed by atoms with Crippen LogP contribution in [0.25, 0.3) is 5.57 Å². The van der Waals surface area contributed by atoms with Gasteiger partial charge in [0.1, 0.15) is 0 Å². The van der Waals surface area contributed by atoms with Gasteiger partial charge >= 0.3 is 5.97 Å². The minimum atomic E-state index is -0.773. The number of aliphatic carboxylic acids is 1. The number of allylic oxidation sites excluding steroid dienone is 1. The van der Waals surface area contributed by atoms with Crippen LogP contribution in [-0.2, 0) is 4.79 Å². The summed E-state index contributed by atoms with van der Waals surface area (Å²) in [6.45, 7) is 6.27. The highest BCUT2D eigenvalue weighted by Gasteiger charge is 2.28. The topological polar surface area (TPSA) is 55.1 Å². The molecule has 1 N–H and O–H groups in total. The molecular weight excluding hydrogens is 240 g/mol. The van der Waals surface area contributed by atoms with Crippen LogP contribution in [0.2, 0.25) is 0 Å². The molecule has 0 radical (unpaired) electrons. The number of rotatable bonds is 4. The van der Waals surface area contributed by atoms with E-state index in [0.29, 0.717) is 17.9 Å². The van der Waals surface area contributed by atoms with Gasteiger partial charge in [-0.15, -0.1) is 0 Å². The Hall–Kier alpha value is -1.58. The number of hydrogen-bond acceptors (Lipinski definition) is 2. The van der Waals surface area contributed by atoms with Crippen LogP contribution in [0, 0.1) is 5.92 Å². The van der Waals surface area contributed by atoms with Gasteiger partial charge in [0.05, 0.1) is 5.69 Å². The number of carbonyl (C=O) groups is 1. The third kappa shape index (κ3) is 2.57. The summed E-state index contributed by atoms with van der Waals surface area (Å²) in [6.07, 6.45) is 5.47. The monoisotopic (exact) mass is 262 g/mol. The normalized spacial score (nSPS) is 20.1. The number of hydrogen-bond donors (Lipinski definition) is 1. The van der Waals surface area contributed by atoms with Gasteiger partial charge in [-0.1, -0.05) is 6.92 Å². The Kier molecular flexibility index (Phi) is 4.08. The second-order valence-corrected chi connectivity index (χ2v) is 5.45. The van der Waals surface area contributed by atoms with Crippen molar-refractivity contribution in [3.05, 3.63) is 23.5 Å². The zero-order valence-corrected chi connectivity index (χ0v) is 11.9. The van der Waals surface area contributed by atoms with Gasteiger partial charge in [-0.25, -0.2) is 4.79 Å². The van der Waals surface area contributed by atoms with E-state index in [4.69, 9.17) is 0 Å². The van der Waals surface area contributed by atoms with Crippen molar-refractivity contribution >= 4 is 11.5 Å². The highest BCUT2D eigenvalue weighted by molar-refractivity contribution is 5.96. The second-order valence-electron chi connectivity index (χ2n) is 5.45. The fourth-order valence-electron chi connectivity index (χ4n) is 2.98. The molecule has 0 bridgehead atoms. The lowest BCUT2D eigenvalue weighted by atomic mass is 9.79. The van der Waals surface area contributed by atoms with E-state index in [1.165, 1.54) is 0 Å². The third-order valence-corrected chi connectivity index (χ3v) is 3.90. The van der Waals surface area contributed by atoms with Gasteiger partial charge in [0.2, 0.25) is 0 Å². The molecule has 0 aliphatic heterocycles. The molecule has 0 spiro atoms. The summed E-state index contributed by atoms with van der Waals surface area (Å²) in [5, 5.41) is 13.8. The van der Waals surface area contributed by atoms with Crippen LogP contribution in [0.5, 0.6) is 0 Å². The summed E-state index contributed by atoms with van der Waals surface area (Å²) in [7, 11) is 0. The smallest absolute Gasteiger partial charge is 0.331 e. The molecule has 4 nitrogen and oxygen atoms in total. The molecule has 0 fully saturated rings. The molecule has 1 heterocycles. The molecule has 104 valence electrons. The fourth-order valence-corrected chi connectivity index (χ4v) is 2.98. The van der Waals surface area contributed by atoms with E-state index in [-0.39, 0.29) is 6.04 Å². The molecule has 0 aromatic carbocycles. The van der Waals surface area contributed by atoms with Crippen molar-refractivity contribution in [3.63, 3.8) is 0 Å². The number of nitrogens with zero attached hydrogens (tertiary/aromatic N) is 2. The lowest BCUT2D eigenvalue weighted by molar-refractivity contribution is -0.132. The standard InChI is InChI=1S/C15H22N2O2/c1-4-11-6-5-7-12(15(18)19)14(11)13-8-9-16-17(13)10(2)3/h8-11H,4-7H2,1-3H3,(H,18,19). The summed E-state index contributed by atoms with van der Waals surface area (Å²) >= 11 is 0. The van der Waals surface area contributed by atoms with E-state index < -0.39 is 5.97 Å². The van der Waals surface area contributed by atoms with E-state index in [1.807, 2.05) is 10.7 Å². The van der Waals surface area contributed by atoms with Crippen molar-refractivity contribution < 1.29 is 9.90 Å². The molecule has 19 heavy (non-hydrogen) atoms. The Labute approximate surface area is 114 Å². The van der Waals surface area contributed by atoms with Crippen molar-refractivity contribution in [2.24, 2.45) is 5.92 Å². The van der Waals surface area contributed by atoms with E-state index in [2.05, 4.69) is 25.9 Å². The Balaban J connectivity index is 2.57. The fraction of sp³-hybridized carbons (Fsp3) is 0.600. The SMILES string of the molecule is CCC1CCCC(C(=O)O)=C1c1ccnn1C(C)C. The molecule has 1 aromatic rings. The molecule has 0 amide bonds. The van der Waals surface area contributed by atoms with E-state index >= 15 is 0 Å². The Morgan fingerprint density at radius 3 is 2.89 bits per heavy atom. The molecule has 2 rings (SSSR count). The predicted octanol–water partition coefficient (Wildman–Crippen LogP) is 3.51. The van der Waals surface area contributed by atoms with Crippen LogP contribution < -0.4 is 0 Å². The summed E-state index contributed by atoms with van der Waals surface area (Å²) in [5.41, 5.74) is 2.58. The molecule has 1 aromatic heterocycles. The van der Waals surface area contributed by atoms with E-state index in [0.717, 1.165) is 30.5 Å². The Morgan fingerprint density at radius 2 is 2.32 bits per heavy atom. The first-order valence-electron chi connectivity index (χ1n) is 7.06. The first-order valence-corrected chi connectivity index (χ1v) is 7.06. The Bertz CT molecular complexity index is 500. The van der Waals surface area contributed by atoms with Gasteiger partial charge in [0, 0.05) is 17.8 Å². The first-order chi connectivity index (χ1) is 9.06. The quantitative estimate of drug-likeness (QED) is 0.903. The van der Waals surface area contributed by atoms with Crippen LogP contribution in [0.15, 0.2) is 17.8 Å². The van der Waals surface area contributed by atoms with Crippen molar-refractivity contribution in [2.45, 2.75) is 52.5 Å². The van der Waals surface area contributed by atoms with Crippen molar-refractivity contribution in [1.82, 2.24) is 9.78 Å². The lowest BCUT2D eigenvalue weighted by Crippen LogP contribution is -2.19. The third-order valence-electron chi connectivity index (χ3n) is 3.90. The van der Waals surface area contributed by atoms with Gasteiger partial charge in [-0.05, 0) is 57.1 Å². The summed E-state index contributed by atoms with van der Waals surface area (Å²) in [5.74, 6) is -0.432. The summed E-state index contributed by atoms with van der Waals surface area (Å²) in [6, 6.07) is 2.19. The predicted molar refractivity (Wildman–Crippen MR) is 74.8 cm³/mol. The van der Waals surface area contributed by atoms with Gasteiger partial charge in [-0.2, -0.15) is 5.10 Å². The average Bonchev–Trinajstić information content (AvgIpc) is 2.86. The average molecular weight is 262 g/mol. The molecule has 4 heteroatoms. The molecule has 0 saturated heterocycles. The molecule has 1 aliphatic carbocycles. The van der Waals surface area contributed by atoms with Crippen LogP contribution >= 0.6 is 0 Å². The zero-order chi connectivity index (χ0) is 14.0. The maximum Gasteiger partial charge on any atom is 0.331 e. The van der Waals surface area contributed by atoms with Crippen molar-refractivity contribution in [3.8, 4) is 0 Å². The van der Waals surface area contributed by atoms with Crippen LogP contribution in [0.1, 0.15) is 58.2 Å². The van der Waals surface area contributed by atoms with Gasteiger partial charge in [0.25, 0.3) is 0 Å². The van der Waals surface area contributed by atoms with Gasteiger partial charge in [-0.3, -0.25) is 4.68 Å². The summed E-state index contributed by atoms with van der Waals surface area (Å²) in [4.78, 5) is 11.5. The van der Waals surface area contributed by atoms with Gasteiger partial charge in [0.15, 0.2) is 0 Å². The zero-order valence-electron chi connectivity index (χ0n) is 11.9. The summed E-state index contributed by atoms with van der Waals surface area (Å²) < 4.78 is 1.94. The minimum Gasteiger partial charge on any atom is -0.478 e. The highest BCUT2D eigenvalue weighted by atomic mass is 16.4. The molecular formula is C15H22N2O2. The number of aromatic nitrogens is 2. The lowest BCUT2D eigenvalue weighted by Gasteiger charge is -2.27. The van der Waals surface area contributed by atoms with Crippen LogP contribution in [0.3, 0.4) is 0 Å².